The maximum atomic E-state index is 12.6. The van der Waals surface area contributed by atoms with Crippen molar-refractivity contribution in [1.29, 1.82) is 0 Å². The minimum absolute atomic E-state index is 0.0517. The van der Waals surface area contributed by atoms with Gasteiger partial charge in [0.25, 0.3) is 15.0 Å². The van der Waals surface area contributed by atoms with Crippen LogP contribution in [0.1, 0.15) is 49.0 Å². The molecule has 1 N–H and O–H groups in total. The first-order valence-corrected chi connectivity index (χ1v) is 9.72. The molecule has 116 valence electrons. The molecule has 2 fully saturated rings. The number of carbonyl (C=O) groups excluding carboxylic acids is 1. The predicted molar refractivity (Wildman–Crippen MR) is 79.8 cm³/mol. The molecule has 0 bridgehead atoms. The second-order valence-corrected chi connectivity index (χ2v) is 8.51. The Morgan fingerprint density at radius 3 is 2.57 bits per heavy atom. The molecule has 5 nitrogen and oxygen atoms in total. The van der Waals surface area contributed by atoms with Crippen molar-refractivity contribution in [3.63, 3.8) is 0 Å². The quantitative estimate of drug-likeness (QED) is 0.866. The van der Waals surface area contributed by atoms with Crippen LogP contribution in [0.3, 0.4) is 0 Å². The fraction of sp³-hybridized carbons (Fsp3) is 0.643. The number of amides is 1. The van der Waals surface area contributed by atoms with Crippen molar-refractivity contribution in [2.75, 3.05) is 6.54 Å². The lowest BCUT2D eigenvalue weighted by atomic mass is 9.96. The van der Waals surface area contributed by atoms with Crippen LogP contribution in [0.25, 0.3) is 0 Å². The third kappa shape index (κ3) is 2.97. The van der Waals surface area contributed by atoms with Gasteiger partial charge in [-0.2, -0.15) is 0 Å². The maximum Gasteiger partial charge on any atom is 0.270 e. The molecule has 1 saturated carbocycles. The molecular weight excluding hydrogens is 312 g/mol. The fourth-order valence-corrected chi connectivity index (χ4v) is 4.40. The molecule has 1 saturated heterocycles. The number of aromatic amines is 1. The summed E-state index contributed by atoms with van der Waals surface area (Å²) < 4.78 is 22.6. The summed E-state index contributed by atoms with van der Waals surface area (Å²) in [7, 11) is 1.50. The molecule has 1 amide bonds. The third-order valence-electron chi connectivity index (χ3n) is 4.67. The highest BCUT2D eigenvalue weighted by Crippen LogP contribution is 2.36. The van der Waals surface area contributed by atoms with E-state index in [1.807, 2.05) is 4.90 Å². The second kappa shape index (κ2) is 5.65. The number of aromatic nitrogens is 1. The smallest absolute Gasteiger partial charge is 0.270 e. The fourth-order valence-electron chi connectivity index (χ4n) is 3.67. The zero-order chi connectivity index (χ0) is 15.0. The van der Waals surface area contributed by atoms with E-state index in [1.54, 1.807) is 0 Å². The van der Waals surface area contributed by atoms with Crippen molar-refractivity contribution in [1.82, 2.24) is 9.88 Å². The van der Waals surface area contributed by atoms with Crippen molar-refractivity contribution in [3.8, 4) is 0 Å². The molecule has 1 aromatic heterocycles. The van der Waals surface area contributed by atoms with Gasteiger partial charge in [-0.05, 0) is 37.7 Å². The van der Waals surface area contributed by atoms with E-state index in [2.05, 4.69) is 4.98 Å². The second-order valence-electron chi connectivity index (χ2n) is 5.94. The Balaban J connectivity index is 1.79. The van der Waals surface area contributed by atoms with Gasteiger partial charge in [-0.25, -0.2) is 8.42 Å². The monoisotopic (exact) mass is 330 g/mol. The number of likely N-dealkylation sites (tertiary alicyclic amines) is 1. The van der Waals surface area contributed by atoms with Gasteiger partial charge in [-0.3, -0.25) is 4.79 Å². The van der Waals surface area contributed by atoms with Crippen molar-refractivity contribution in [2.45, 2.75) is 49.5 Å². The molecule has 2 heterocycles. The summed E-state index contributed by atoms with van der Waals surface area (Å²) in [6.07, 6.45) is 8.24. The first kappa shape index (κ1) is 14.9. The zero-order valence-corrected chi connectivity index (χ0v) is 13.3. The van der Waals surface area contributed by atoms with Crippen LogP contribution >= 0.6 is 10.7 Å². The first-order valence-electron chi connectivity index (χ1n) is 7.41. The molecule has 3 rings (SSSR count). The first-order chi connectivity index (χ1) is 9.97. The predicted octanol–water partition coefficient (Wildman–Crippen LogP) is 2.74. The number of nitrogens with zero attached hydrogens (tertiary/aromatic N) is 1. The van der Waals surface area contributed by atoms with Crippen LogP contribution in [0.2, 0.25) is 0 Å². The highest BCUT2D eigenvalue weighted by molar-refractivity contribution is 8.13. The lowest BCUT2D eigenvalue weighted by Crippen LogP contribution is -2.39. The van der Waals surface area contributed by atoms with Gasteiger partial charge < -0.3 is 9.88 Å². The van der Waals surface area contributed by atoms with Gasteiger partial charge in [0, 0.05) is 29.5 Å². The summed E-state index contributed by atoms with van der Waals surface area (Å²) in [5.41, 5.74) is 0.305. The Morgan fingerprint density at radius 2 is 1.95 bits per heavy atom. The molecule has 1 unspecified atom stereocenters. The minimum Gasteiger partial charge on any atom is -0.356 e. The lowest BCUT2D eigenvalue weighted by molar-refractivity contribution is 0.0683. The van der Waals surface area contributed by atoms with Crippen molar-refractivity contribution < 1.29 is 13.2 Å². The third-order valence-corrected chi connectivity index (χ3v) is 6.01. The van der Waals surface area contributed by atoms with Gasteiger partial charge >= 0.3 is 0 Å². The Morgan fingerprint density at radius 1 is 1.24 bits per heavy atom. The highest BCUT2D eigenvalue weighted by atomic mass is 35.7. The molecule has 0 spiro atoms. The van der Waals surface area contributed by atoms with E-state index in [0.29, 0.717) is 17.7 Å². The van der Waals surface area contributed by atoms with Crippen molar-refractivity contribution in [2.24, 2.45) is 5.92 Å². The largest absolute Gasteiger partial charge is 0.356 e. The molecule has 2 aliphatic rings. The molecule has 0 radical (unpaired) electrons. The SMILES string of the molecule is O=C(c1cc(S(=O)(=O)Cl)c[nH]1)N1CCCC1C1CCCC1. The summed E-state index contributed by atoms with van der Waals surface area (Å²) in [5, 5.41) is 0. The molecule has 0 aromatic carbocycles. The van der Waals surface area contributed by atoms with E-state index in [1.165, 1.54) is 37.9 Å². The van der Waals surface area contributed by atoms with Crippen LogP contribution in [-0.4, -0.2) is 36.8 Å². The summed E-state index contributed by atoms with van der Waals surface area (Å²) in [6, 6.07) is 1.63. The zero-order valence-electron chi connectivity index (χ0n) is 11.7. The van der Waals surface area contributed by atoms with E-state index in [9.17, 15) is 13.2 Å². The summed E-state index contributed by atoms with van der Waals surface area (Å²) >= 11 is 0. The van der Waals surface area contributed by atoms with Crippen LogP contribution in [0, 0.1) is 5.92 Å². The van der Waals surface area contributed by atoms with Crippen molar-refractivity contribution in [3.05, 3.63) is 18.0 Å². The topological polar surface area (TPSA) is 70.2 Å². The van der Waals surface area contributed by atoms with Gasteiger partial charge in [-0.15, -0.1) is 0 Å². The average Bonchev–Trinajstić information content (AvgIpc) is 3.16. The molecule has 1 aliphatic heterocycles. The summed E-state index contributed by atoms with van der Waals surface area (Å²) in [5.74, 6) is 0.485. The number of halogens is 1. The number of hydrogen-bond acceptors (Lipinski definition) is 3. The standard InChI is InChI=1S/C14H19ClN2O3S/c15-21(19,20)11-8-12(16-9-11)14(18)17-7-3-6-13(17)10-4-1-2-5-10/h8-10,13,16H,1-7H2. The Bertz CT molecular complexity index is 634. The Labute approximate surface area is 129 Å². The molecule has 21 heavy (non-hydrogen) atoms. The number of carbonyl (C=O) groups is 1. The van der Waals surface area contributed by atoms with Crippen LogP contribution in [-0.2, 0) is 9.05 Å². The Hall–Kier alpha value is -1.01. The van der Waals surface area contributed by atoms with Gasteiger partial charge in [0.1, 0.15) is 10.6 Å². The van der Waals surface area contributed by atoms with E-state index in [4.69, 9.17) is 10.7 Å². The molecule has 1 atom stereocenters. The van der Waals surface area contributed by atoms with E-state index in [0.717, 1.165) is 19.4 Å². The van der Waals surface area contributed by atoms with Gasteiger partial charge in [0.05, 0.1) is 0 Å². The van der Waals surface area contributed by atoms with Gasteiger partial charge in [0.15, 0.2) is 0 Å². The molecule has 1 aliphatic carbocycles. The average molecular weight is 331 g/mol. The van der Waals surface area contributed by atoms with Crippen LogP contribution < -0.4 is 0 Å². The van der Waals surface area contributed by atoms with Crippen LogP contribution in [0.15, 0.2) is 17.2 Å². The normalized spacial score (nSPS) is 23.9. The maximum absolute atomic E-state index is 12.6. The van der Waals surface area contributed by atoms with Gasteiger partial charge in [-0.1, -0.05) is 12.8 Å². The summed E-state index contributed by atoms with van der Waals surface area (Å²) in [6.45, 7) is 0.752. The lowest BCUT2D eigenvalue weighted by Gasteiger charge is -2.29. The molecule has 7 heteroatoms. The van der Waals surface area contributed by atoms with Crippen LogP contribution in [0.4, 0.5) is 0 Å². The molecule has 1 aromatic rings. The number of rotatable bonds is 3. The van der Waals surface area contributed by atoms with E-state index in [-0.39, 0.29) is 10.8 Å². The number of hydrogen-bond donors (Lipinski definition) is 1. The van der Waals surface area contributed by atoms with Gasteiger partial charge in [0.2, 0.25) is 0 Å². The van der Waals surface area contributed by atoms with E-state index < -0.39 is 9.05 Å². The summed E-state index contributed by atoms with van der Waals surface area (Å²) in [4.78, 5) is 17.2. The molecular formula is C14H19ClN2O3S. The number of H-pyrrole nitrogens is 1. The van der Waals surface area contributed by atoms with Crippen LogP contribution in [0.5, 0.6) is 0 Å². The number of nitrogens with one attached hydrogen (secondary N) is 1. The minimum atomic E-state index is -3.80. The van der Waals surface area contributed by atoms with Crippen molar-refractivity contribution >= 4 is 25.6 Å². The Kier molecular flexibility index (Phi) is 4.01. The highest BCUT2D eigenvalue weighted by Gasteiger charge is 2.36. The van der Waals surface area contributed by atoms with E-state index >= 15 is 0 Å².